The van der Waals surface area contributed by atoms with Crippen molar-refractivity contribution in [3.05, 3.63) is 53.3 Å². The van der Waals surface area contributed by atoms with E-state index in [0.717, 1.165) is 0 Å². The van der Waals surface area contributed by atoms with Gasteiger partial charge in [0.2, 0.25) is 0 Å². The SMILES string of the molecule is CSc1nccc(C(O)c2cccc(C#N)c2)n1. The predicted molar refractivity (Wildman–Crippen MR) is 69.0 cm³/mol. The number of benzene rings is 1. The first kappa shape index (κ1) is 12.6. The van der Waals surface area contributed by atoms with Crippen LogP contribution < -0.4 is 0 Å². The molecule has 0 radical (unpaired) electrons. The zero-order valence-corrected chi connectivity index (χ0v) is 10.6. The molecule has 1 N–H and O–H groups in total. The van der Waals surface area contributed by atoms with Crippen molar-refractivity contribution in [1.29, 1.82) is 5.26 Å². The minimum absolute atomic E-state index is 0.519. The van der Waals surface area contributed by atoms with E-state index in [1.807, 2.05) is 12.3 Å². The lowest BCUT2D eigenvalue weighted by molar-refractivity contribution is 0.214. The third kappa shape index (κ3) is 2.67. The van der Waals surface area contributed by atoms with E-state index in [4.69, 9.17) is 5.26 Å². The molecule has 1 atom stereocenters. The van der Waals surface area contributed by atoms with E-state index >= 15 is 0 Å². The summed E-state index contributed by atoms with van der Waals surface area (Å²) in [6.07, 6.45) is 2.65. The van der Waals surface area contributed by atoms with Crippen molar-refractivity contribution in [2.24, 2.45) is 0 Å². The van der Waals surface area contributed by atoms with Gasteiger partial charge in [0.1, 0.15) is 6.10 Å². The quantitative estimate of drug-likeness (QED) is 0.674. The maximum Gasteiger partial charge on any atom is 0.187 e. The normalized spacial score (nSPS) is 11.8. The van der Waals surface area contributed by atoms with Crippen molar-refractivity contribution in [2.45, 2.75) is 11.3 Å². The van der Waals surface area contributed by atoms with Gasteiger partial charge >= 0.3 is 0 Å². The monoisotopic (exact) mass is 257 g/mol. The summed E-state index contributed by atoms with van der Waals surface area (Å²) < 4.78 is 0. The van der Waals surface area contributed by atoms with E-state index in [1.165, 1.54) is 11.8 Å². The second-order valence-electron chi connectivity index (χ2n) is 3.61. The highest BCUT2D eigenvalue weighted by Crippen LogP contribution is 2.22. The molecule has 2 rings (SSSR count). The first-order valence-electron chi connectivity index (χ1n) is 5.29. The van der Waals surface area contributed by atoms with E-state index in [2.05, 4.69) is 9.97 Å². The maximum atomic E-state index is 10.2. The number of nitrogens with zero attached hydrogens (tertiary/aromatic N) is 3. The highest BCUT2D eigenvalue weighted by atomic mass is 32.2. The Morgan fingerprint density at radius 2 is 2.22 bits per heavy atom. The van der Waals surface area contributed by atoms with Crippen LogP contribution in [0.2, 0.25) is 0 Å². The van der Waals surface area contributed by atoms with E-state index < -0.39 is 6.10 Å². The Bertz CT molecular complexity index is 595. The van der Waals surface area contributed by atoms with Crippen molar-refractivity contribution in [3.63, 3.8) is 0 Å². The Balaban J connectivity index is 2.35. The highest BCUT2D eigenvalue weighted by Gasteiger charge is 2.13. The van der Waals surface area contributed by atoms with E-state index in [1.54, 1.807) is 36.5 Å². The standard InChI is InChI=1S/C13H11N3OS/c1-18-13-15-6-5-11(16-13)12(17)10-4-2-3-9(7-10)8-14/h2-7,12,17H,1H3. The molecule has 1 aromatic heterocycles. The van der Waals surface area contributed by atoms with Crippen LogP contribution in [0.1, 0.15) is 22.9 Å². The van der Waals surface area contributed by atoms with Crippen LogP contribution in [0.25, 0.3) is 0 Å². The molecule has 0 aliphatic rings. The lowest BCUT2D eigenvalue weighted by atomic mass is 10.0. The minimum atomic E-state index is -0.841. The molecule has 0 saturated carbocycles. The number of nitriles is 1. The van der Waals surface area contributed by atoms with Gasteiger partial charge in [0, 0.05) is 6.20 Å². The summed E-state index contributed by atoms with van der Waals surface area (Å²) in [7, 11) is 0. The van der Waals surface area contributed by atoms with Crippen LogP contribution in [0, 0.1) is 11.3 Å². The molecule has 0 saturated heterocycles. The van der Waals surface area contributed by atoms with Crippen LogP contribution in [0.3, 0.4) is 0 Å². The molecule has 5 heteroatoms. The number of thioether (sulfide) groups is 1. The van der Waals surface area contributed by atoms with Gasteiger partial charge in [-0.25, -0.2) is 9.97 Å². The number of aromatic nitrogens is 2. The molecule has 0 aliphatic heterocycles. The van der Waals surface area contributed by atoms with Gasteiger partial charge in [0.05, 0.1) is 17.3 Å². The van der Waals surface area contributed by atoms with Crippen LogP contribution in [0.4, 0.5) is 0 Å². The number of hydrogen-bond acceptors (Lipinski definition) is 5. The van der Waals surface area contributed by atoms with Gasteiger partial charge in [0.15, 0.2) is 5.16 Å². The second kappa shape index (κ2) is 5.63. The fourth-order valence-electron chi connectivity index (χ4n) is 1.55. The van der Waals surface area contributed by atoms with Gasteiger partial charge in [-0.1, -0.05) is 23.9 Å². The smallest absolute Gasteiger partial charge is 0.187 e. The zero-order valence-electron chi connectivity index (χ0n) is 9.74. The Labute approximate surface area is 109 Å². The molecule has 0 fully saturated rings. The van der Waals surface area contributed by atoms with Gasteiger partial charge in [-0.15, -0.1) is 0 Å². The Hall–Kier alpha value is -1.90. The predicted octanol–water partition coefficient (Wildman–Crippen LogP) is 2.15. The summed E-state index contributed by atoms with van der Waals surface area (Å²) in [5.41, 5.74) is 1.70. The molecule has 2 aromatic rings. The lowest BCUT2D eigenvalue weighted by Crippen LogP contribution is -2.04. The Morgan fingerprint density at radius 1 is 1.39 bits per heavy atom. The number of aliphatic hydroxyl groups excluding tert-OH is 1. The molecule has 18 heavy (non-hydrogen) atoms. The van der Waals surface area contributed by atoms with Crippen LogP contribution in [-0.2, 0) is 0 Å². The third-order valence-corrected chi connectivity index (χ3v) is 3.01. The molecule has 1 heterocycles. The van der Waals surface area contributed by atoms with Gasteiger partial charge in [-0.05, 0) is 30.0 Å². The minimum Gasteiger partial charge on any atom is -0.382 e. The number of aliphatic hydroxyl groups is 1. The van der Waals surface area contributed by atoms with Crippen molar-refractivity contribution in [3.8, 4) is 6.07 Å². The summed E-state index contributed by atoms with van der Waals surface area (Å²) in [5.74, 6) is 0. The number of rotatable bonds is 3. The summed E-state index contributed by atoms with van der Waals surface area (Å²) in [4.78, 5) is 8.30. The largest absolute Gasteiger partial charge is 0.382 e. The van der Waals surface area contributed by atoms with E-state index in [-0.39, 0.29) is 0 Å². The molecule has 0 spiro atoms. The van der Waals surface area contributed by atoms with Crippen molar-refractivity contribution in [1.82, 2.24) is 9.97 Å². The highest BCUT2D eigenvalue weighted by molar-refractivity contribution is 7.98. The third-order valence-electron chi connectivity index (χ3n) is 2.45. The average molecular weight is 257 g/mol. The van der Waals surface area contributed by atoms with Gasteiger partial charge in [-0.3, -0.25) is 0 Å². The average Bonchev–Trinajstić information content (AvgIpc) is 2.46. The van der Waals surface area contributed by atoms with E-state index in [9.17, 15) is 5.11 Å². The molecule has 0 bridgehead atoms. The Morgan fingerprint density at radius 3 is 2.94 bits per heavy atom. The fraction of sp³-hybridized carbons (Fsp3) is 0.154. The van der Waals surface area contributed by atoms with Crippen molar-refractivity contribution < 1.29 is 5.11 Å². The van der Waals surface area contributed by atoms with Crippen LogP contribution >= 0.6 is 11.8 Å². The van der Waals surface area contributed by atoms with Crippen LogP contribution in [-0.4, -0.2) is 21.3 Å². The summed E-state index contributed by atoms with van der Waals surface area (Å²) >= 11 is 1.42. The second-order valence-corrected chi connectivity index (χ2v) is 4.38. The van der Waals surface area contributed by atoms with Crippen molar-refractivity contribution in [2.75, 3.05) is 6.26 Å². The summed E-state index contributed by atoms with van der Waals surface area (Å²) in [5, 5.41) is 19.7. The summed E-state index contributed by atoms with van der Waals surface area (Å²) in [6.45, 7) is 0. The lowest BCUT2D eigenvalue weighted by Gasteiger charge is -2.11. The summed E-state index contributed by atoms with van der Waals surface area (Å²) in [6, 6.07) is 10.6. The molecule has 1 unspecified atom stereocenters. The maximum absolute atomic E-state index is 10.2. The van der Waals surface area contributed by atoms with Gasteiger partial charge in [-0.2, -0.15) is 5.26 Å². The molecular formula is C13H11N3OS. The molecule has 90 valence electrons. The van der Waals surface area contributed by atoms with Crippen LogP contribution in [0.15, 0.2) is 41.7 Å². The molecule has 0 aliphatic carbocycles. The number of hydrogen-bond donors (Lipinski definition) is 1. The topological polar surface area (TPSA) is 69.8 Å². The van der Waals surface area contributed by atoms with Gasteiger partial charge in [0.25, 0.3) is 0 Å². The van der Waals surface area contributed by atoms with Crippen LogP contribution in [0.5, 0.6) is 0 Å². The first-order chi connectivity index (χ1) is 8.74. The first-order valence-corrected chi connectivity index (χ1v) is 6.52. The fourth-order valence-corrected chi connectivity index (χ4v) is 1.92. The Kier molecular flexibility index (Phi) is 3.92. The van der Waals surface area contributed by atoms with Gasteiger partial charge < -0.3 is 5.11 Å². The molecule has 0 amide bonds. The van der Waals surface area contributed by atoms with Crippen molar-refractivity contribution >= 4 is 11.8 Å². The molecule has 4 nitrogen and oxygen atoms in total. The molecular weight excluding hydrogens is 246 g/mol. The van der Waals surface area contributed by atoms with E-state index in [0.29, 0.717) is 22.0 Å². The zero-order chi connectivity index (χ0) is 13.0. The molecule has 1 aromatic carbocycles.